The predicted molar refractivity (Wildman–Crippen MR) is 45.1 cm³/mol. The predicted octanol–water partition coefficient (Wildman–Crippen LogP) is 0.478. The van der Waals surface area contributed by atoms with Crippen molar-refractivity contribution in [1.29, 1.82) is 0 Å². The van der Waals surface area contributed by atoms with Gasteiger partial charge in [-0.3, -0.25) is 0 Å². The largest absolute Gasteiger partial charge is 0.212 e. The molecule has 0 unspecified atom stereocenters. The standard InChI is InChI=1S/C8H13NO2S/c10-12(11)5-8-2-1-6(4-8)3-7(8)9-12/h6-7,9H,1-5H2/t6-,7-,8-/m1/s1. The monoisotopic (exact) mass is 187 g/mol. The molecule has 2 saturated carbocycles. The number of fused-ring (bicyclic) bond motifs is 1. The van der Waals surface area contributed by atoms with Gasteiger partial charge in [-0.2, -0.15) is 0 Å². The van der Waals surface area contributed by atoms with Crippen LogP contribution in [0.2, 0.25) is 0 Å². The van der Waals surface area contributed by atoms with Gasteiger partial charge in [-0.25, -0.2) is 13.1 Å². The molecule has 3 aliphatic rings. The number of rotatable bonds is 0. The van der Waals surface area contributed by atoms with Gasteiger partial charge in [0.1, 0.15) is 0 Å². The lowest BCUT2D eigenvalue weighted by Crippen LogP contribution is -2.33. The molecule has 0 amide bonds. The third-order valence-electron chi connectivity index (χ3n) is 3.85. The zero-order valence-electron chi connectivity index (χ0n) is 6.91. The fraction of sp³-hybridized carbons (Fsp3) is 1.00. The molecule has 0 aromatic carbocycles. The first-order valence-electron chi connectivity index (χ1n) is 4.60. The fourth-order valence-corrected chi connectivity index (χ4v) is 5.50. The molecule has 3 nitrogen and oxygen atoms in total. The Balaban J connectivity index is 2.04. The van der Waals surface area contributed by atoms with Gasteiger partial charge in [-0.1, -0.05) is 0 Å². The highest BCUT2D eigenvalue weighted by Gasteiger charge is 2.58. The molecular formula is C8H13NO2S. The summed E-state index contributed by atoms with van der Waals surface area (Å²) < 4.78 is 25.4. The summed E-state index contributed by atoms with van der Waals surface area (Å²) in [6, 6.07) is 0.293. The Morgan fingerprint density at radius 2 is 2.25 bits per heavy atom. The van der Waals surface area contributed by atoms with Crippen molar-refractivity contribution in [1.82, 2.24) is 4.72 Å². The minimum absolute atomic E-state index is 0.156. The van der Waals surface area contributed by atoms with Crippen LogP contribution in [0.5, 0.6) is 0 Å². The number of sulfonamides is 1. The Hall–Kier alpha value is -0.0900. The van der Waals surface area contributed by atoms with Crippen molar-refractivity contribution in [2.45, 2.75) is 31.7 Å². The molecule has 1 heterocycles. The maximum absolute atomic E-state index is 11.3. The molecule has 1 saturated heterocycles. The van der Waals surface area contributed by atoms with Gasteiger partial charge < -0.3 is 0 Å². The summed E-state index contributed by atoms with van der Waals surface area (Å²) >= 11 is 0. The lowest BCUT2D eigenvalue weighted by atomic mass is 9.82. The van der Waals surface area contributed by atoms with E-state index in [-0.39, 0.29) is 5.41 Å². The number of hydrogen-bond acceptors (Lipinski definition) is 2. The Morgan fingerprint density at radius 3 is 2.92 bits per heavy atom. The minimum atomic E-state index is -2.90. The van der Waals surface area contributed by atoms with Crippen molar-refractivity contribution in [3.8, 4) is 0 Å². The number of hydrogen-bond donors (Lipinski definition) is 1. The lowest BCUT2D eigenvalue weighted by molar-refractivity contribution is 0.294. The van der Waals surface area contributed by atoms with E-state index < -0.39 is 10.0 Å². The summed E-state index contributed by atoms with van der Waals surface area (Å²) in [4.78, 5) is 0. The van der Waals surface area contributed by atoms with Crippen molar-refractivity contribution in [3.63, 3.8) is 0 Å². The molecule has 1 spiro atoms. The molecule has 0 radical (unpaired) electrons. The maximum Gasteiger partial charge on any atom is 0.212 e. The summed E-state index contributed by atoms with van der Waals surface area (Å²) in [7, 11) is -2.90. The SMILES string of the molecule is O=S1(=O)C[C@]23CC[C@H](C[C@H]2N1)C3. The highest BCUT2D eigenvalue weighted by molar-refractivity contribution is 7.89. The Bertz CT molecular complexity index is 324. The van der Waals surface area contributed by atoms with Crippen LogP contribution in [0.1, 0.15) is 25.7 Å². The Kier molecular flexibility index (Phi) is 1.14. The second-order valence-corrected chi connectivity index (χ2v) is 6.39. The molecular weight excluding hydrogens is 174 g/mol. The van der Waals surface area contributed by atoms with Crippen LogP contribution in [0.25, 0.3) is 0 Å². The molecule has 0 aromatic rings. The first-order valence-corrected chi connectivity index (χ1v) is 6.25. The maximum atomic E-state index is 11.3. The van der Waals surface area contributed by atoms with Crippen molar-refractivity contribution < 1.29 is 8.42 Å². The molecule has 4 heteroatoms. The third kappa shape index (κ3) is 0.773. The van der Waals surface area contributed by atoms with E-state index in [2.05, 4.69) is 4.72 Å². The lowest BCUT2D eigenvalue weighted by Gasteiger charge is -2.24. The highest BCUT2D eigenvalue weighted by Crippen LogP contribution is 2.57. The molecule has 3 rings (SSSR count). The van der Waals surface area contributed by atoms with Crippen LogP contribution >= 0.6 is 0 Å². The van der Waals surface area contributed by atoms with Gasteiger partial charge in [-0.15, -0.1) is 0 Å². The van der Waals surface area contributed by atoms with E-state index in [0.717, 1.165) is 25.2 Å². The Labute approximate surface area is 72.6 Å². The molecule has 12 heavy (non-hydrogen) atoms. The molecule has 3 fully saturated rings. The van der Waals surface area contributed by atoms with E-state index in [4.69, 9.17) is 0 Å². The van der Waals surface area contributed by atoms with E-state index in [1.807, 2.05) is 0 Å². The van der Waals surface area contributed by atoms with Gasteiger partial charge in [-0.05, 0) is 31.6 Å². The van der Waals surface area contributed by atoms with Crippen molar-refractivity contribution in [3.05, 3.63) is 0 Å². The second kappa shape index (κ2) is 1.87. The summed E-state index contributed by atoms with van der Waals surface area (Å²) in [5, 5.41) is 0. The van der Waals surface area contributed by atoms with Crippen LogP contribution in [0.15, 0.2) is 0 Å². The fourth-order valence-electron chi connectivity index (χ4n) is 3.41. The molecule has 2 bridgehead atoms. The molecule has 0 aromatic heterocycles. The van der Waals surface area contributed by atoms with Gasteiger partial charge in [0.05, 0.1) is 5.75 Å². The van der Waals surface area contributed by atoms with Gasteiger partial charge in [0.15, 0.2) is 0 Å². The van der Waals surface area contributed by atoms with Crippen LogP contribution in [-0.2, 0) is 10.0 Å². The van der Waals surface area contributed by atoms with Crippen molar-refractivity contribution >= 4 is 10.0 Å². The van der Waals surface area contributed by atoms with Gasteiger partial charge in [0.2, 0.25) is 10.0 Å². The van der Waals surface area contributed by atoms with E-state index in [9.17, 15) is 8.42 Å². The summed E-state index contributed by atoms with van der Waals surface area (Å²) in [6.45, 7) is 0. The zero-order valence-corrected chi connectivity index (χ0v) is 7.73. The first kappa shape index (κ1) is 7.33. The van der Waals surface area contributed by atoms with E-state index >= 15 is 0 Å². The number of nitrogens with one attached hydrogen (secondary N) is 1. The minimum Gasteiger partial charge on any atom is -0.212 e. The average Bonchev–Trinajstić information content (AvgIpc) is 2.46. The second-order valence-electron chi connectivity index (χ2n) is 4.64. The van der Waals surface area contributed by atoms with Crippen LogP contribution in [0.3, 0.4) is 0 Å². The quantitative estimate of drug-likeness (QED) is 0.599. The molecule has 1 aliphatic heterocycles. The van der Waals surface area contributed by atoms with Crippen molar-refractivity contribution in [2.24, 2.45) is 11.3 Å². The van der Waals surface area contributed by atoms with Gasteiger partial charge in [0.25, 0.3) is 0 Å². The molecule has 2 aliphatic carbocycles. The summed E-state index contributed by atoms with van der Waals surface area (Å²) in [5.74, 6) is 1.22. The Morgan fingerprint density at radius 1 is 1.42 bits per heavy atom. The first-order chi connectivity index (χ1) is 5.60. The van der Waals surface area contributed by atoms with Crippen LogP contribution in [0.4, 0.5) is 0 Å². The average molecular weight is 187 g/mol. The summed E-state index contributed by atoms with van der Waals surface area (Å²) in [6.07, 6.45) is 4.64. The van der Waals surface area contributed by atoms with E-state index in [1.54, 1.807) is 0 Å². The highest BCUT2D eigenvalue weighted by atomic mass is 32.2. The van der Waals surface area contributed by atoms with E-state index in [1.165, 1.54) is 6.42 Å². The van der Waals surface area contributed by atoms with Crippen LogP contribution in [0, 0.1) is 11.3 Å². The zero-order chi connectivity index (χ0) is 8.40. The third-order valence-corrected chi connectivity index (χ3v) is 5.45. The normalized spacial score (nSPS) is 54.3. The van der Waals surface area contributed by atoms with Crippen LogP contribution < -0.4 is 4.72 Å². The molecule has 68 valence electrons. The van der Waals surface area contributed by atoms with Crippen molar-refractivity contribution in [2.75, 3.05) is 5.75 Å². The van der Waals surface area contributed by atoms with Gasteiger partial charge >= 0.3 is 0 Å². The molecule has 3 atom stereocenters. The van der Waals surface area contributed by atoms with E-state index in [0.29, 0.717) is 11.8 Å². The topological polar surface area (TPSA) is 46.2 Å². The molecule has 1 N–H and O–H groups in total. The smallest absolute Gasteiger partial charge is 0.212 e. The van der Waals surface area contributed by atoms with Gasteiger partial charge in [0, 0.05) is 11.5 Å². The summed E-state index contributed by atoms with van der Waals surface area (Å²) in [5.41, 5.74) is 0.156. The van der Waals surface area contributed by atoms with Crippen LogP contribution in [-0.4, -0.2) is 20.2 Å².